The molecule has 0 aliphatic heterocycles. The van der Waals surface area contributed by atoms with Crippen LogP contribution >= 0.6 is 0 Å². The molecule has 0 aliphatic rings. The maximum absolute atomic E-state index is 13.5. The highest BCUT2D eigenvalue weighted by molar-refractivity contribution is 5.13. The zero-order chi connectivity index (χ0) is 12.5. The highest BCUT2D eigenvalue weighted by atomic mass is 19.1. The van der Waals surface area contributed by atoms with E-state index in [1.807, 2.05) is 30.3 Å². The van der Waals surface area contributed by atoms with Gasteiger partial charge in [-0.05, 0) is 11.1 Å². The second-order valence-electron chi connectivity index (χ2n) is 3.43. The Morgan fingerprint density at radius 3 is 2.76 bits per heavy atom. The highest BCUT2D eigenvalue weighted by Gasteiger charge is 2.17. The molecule has 0 heterocycles. The number of nitrogens with zero attached hydrogens (tertiary/aromatic N) is 3. The van der Waals surface area contributed by atoms with E-state index in [2.05, 4.69) is 16.6 Å². The molecule has 1 rings (SSSR count). The van der Waals surface area contributed by atoms with Crippen LogP contribution in [0.2, 0.25) is 0 Å². The van der Waals surface area contributed by atoms with Gasteiger partial charge in [0.2, 0.25) is 0 Å². The van der Waals surface area contributed by atoms with Gasteiger partial charge in [0.05, 0.1) is 13.2 Å². The summed E-state index contributed by atoms with van der Waals surface area (Å²) in [5.41, 5.74) is 9.06. The number of benzene rings is 1. The average Bonchev–Trinajstić information content (AvgIpc) is 2.38. The first-order valence-electron chi connectivity index (χ1n) is 5.21. The van der Waals surface area contributed by atoms with E-state index in [9.17, 15) is 4.39 Å². The second kappa shape index (κ2) is 7.44. The van der Waals surface area contributed by atoms with Gasteiger partial charge < -0.3 is 4.74 Å². The number of hydrogen-bond acceptors (Lipinski definition) is 2. The SMILES string of the molecule is C=C[C@H](OCc1ccccc1)[C@@H](F)CN=[N+]=[N-]. The zero-order valence-corrected chi connectivity index (χ0v) is 9.37. The van der Waals surface area contributed by atoms with Gasteiger partial charge in [-0.1, -0.05) is 41.5 Å². The lowest BCUT2D eigenvalue weighted by molar-refractivity contribution is 0.0211. The summed E-state index contributed by atoms with van der Waals surface area (Å²) in [6.07, 6.45) is -0.756. The first-order valence-corrected chi connectivity index (χ1v) is 5.21. The van der Waals surface area contributed by atoms with Gasteiger partial charge in [-0.25, -0.2) is 4.39 Å². The molecule has 0 aliphatic carbocycles. The third-order valence-corrected chi connectivity index (χ3v) is 2.19. The van der Waals surface area contributed by atoms with E-state index >= 15 is 0 Å². The van der Waals surface area contributed by atoms with Crippen LogP contribution in [0, 0.1) is 0 Å². The van der Waals surface area contributed by atoms with E-state index in [1.165, 1.54) is 6.08 Å². The number of ether oxygens (including phenoxy) is 1. The Labute approximate surface area is 99.3 Å². The molecule has 2 atom stereocenters. The Morgan fingerprint density at radius 2 is 2.18 bits per heavy atom. The summed E-state index contributed by atoms with van der Waals surface area (Å²) in [5, 5.41) is 3.17. The van der Waals surface area contributed by atoms with Crippen LogP contribution < -0.4 is 0 Å². The summed E-state index contributed by atoms with van der Waals surface area (Å²) in [6.45, 7) is 3.55. The van der Waals surface area contributed by atoms with Gasteiger partial charge in [-0.15, -0.1) is 6.58 Å². The highest BCUT2D eigenvalue weighted by Crippen LogP contribution is 2.10. The lowest BCUT2D eigenvalue weighted by atomic mass is 10.2. The van der Waals surface area contributed by atoms with Gasteiger partial charge in [0.1, 0.15) is 12.3 Å². The smallest absolute Gasteiger partial charge is 0.135 e. The minimum absolute atomic E-state index is 0.248. The second-order valence-corrected chi connectivity index (χ2v) is 3.43. The predicted molar refractivity (Wildman–Crippen MR) is 64.1 cm³/mol. The van der Waals surface area contributed by atoms with Crippen LogP contribution in [-0.4, -0.2) is 18.8 Å². The molecule has 4 nitrogen and oxygen atoms in total. The molecule has 0 radical (unpaired) electrons. The number of hydrogen-bond donors (Lipinski definition) is 0. The van der Waals surface area contributed by atoms with Gasteiger partial charge in [0.25, 0.3) is 0 Å². The predicted octanol–water partition coefficient (Wildman–Crippen LogP) is 3.41. The maximum Gasteiger partial charge on any atom is 0.135 e. The first-order chi connectivity index (χ1) is 8.27. The third kappa shape index (κ3) is 4.68. The van der Waals surface area contributed by atoms with Crippen molar-refractivity contribution in [2.24, 2.45) is 5.11 Å². The summed E-state index contributed by atoms with van der Waals surface area (Å²) < 4.78 is 18.9. The first kappa shape index (κ1) is 13.2. The van der Waals surface area contributed by atoms with Gasteiger partial charge in [-0.3, -0.25) is 0 Å². The largest absolute Gasteiger partial charge is 0.366 e. The monoisotopic (exact) mass is 235 g/mol. The molecule has 1 aromatic carbocycles. The molecule has 0 fully saturated rings. The molecule has 0 spiro atoms. The summed E-state index contributed by atoms with van der Waals surface area (Å²) in [4.78, 5) is 2.51. The summed E-state index contributed by atoms with van der Waals surface area (Å²) in [6, 6.07) is 9.44. The van der Waals surface area contributed by atoms with Crippen molar-refractivity contribution in [2.75, 3.05) is 6.54 Å². The van der Waals surface area contributed by atoms with Crippen LogP contribution in [0.1, 0.15) is 5.56 Å². The Balaban J connectivity index is 2.47. The number of rotatable bonds is 7. The summed E-state index contributed by atoms with van der Waals surface area (Å²) in [5.74, 6) is 0. The van der Waals surface area contributed by atoms with Crippen molar-refractivity contribution >= 4 is 0 Å². The van der Waals surface area contributed by atoms with Crippen LogP contribution in [0.15, 0.2) is 48.1 Å². The molecule has 1 aromatic rings. The molecule has 0 N–H and O–H groups in total. The molecule has 5 heteroatoms. The molecule has 0 unspecified atom stereocenters. The molecule has 0 saturated carbocycles. The fraction of sp³-hybridized carbons (Fsp3) is 0.333. The van der Waals surface area contributed by atoms with Crippen LogP contribution in [0.25, 0.3) is 10.4 Å². The fourth-order valence-electron chi connectivity index (χ4n) is 1.31. The van der Waals surface area contributed by atoms with E-state index in [1.54, 1.807) is 0 Å². The normalized spacial score (nSPS) is 13.5. The summed E-state index contributed by atoms with van der Waals surface area (Å²) in [7, 11) is 0. The molecule has 0 bridgehead atoms. The zero-order valence-electron chi connectivity index (χ0n) is 9.37. The molecular weight excluding hydrogens is 221 g/mol. The van der Waals surface area contributed by atoms with E-state index in [4.69, 9.17) is 10.3 Å². The van der Waals surface area contributed by atoms with Crippen LogP contribution in [0.4, 0.5) is 4.39 Å². The number of azide groups is 1. The lowest BCUT2D eigenvalue weighted by Gasteiger charge is -2.16. The molecule has 90 valence electrons. The number of alkyl halides is 1. The Kier molecular flexibility index (Phi) is 5.79. The quantitative estimate of drug-likeness (QED) is 0.309. The minimum Gasteiger partial charge on any atom is -0.366 e. The van der Waals surface area contributed by atoms with Gasteiger partial charge in [-0.2, -0.15) is 0 Å². The van der Waals surface area contributed by atoms with E-state index in [0.717, 1.165) is 5.56 Å². The molecule has 0 saturated heterocycles. The number of halogens is 1. The van der Waals surface area contributed by atoms with Crippen LogP contribution in [-0.2, 0) is 11.3 Å². The van der Waals surface area contributed by atoms with Crippen molar-refractivity contribution < 1.29 is 9.13 Å². The Morgan fingerprint density at radius 1 is 1.47 bits per heavy atom. The molecule has 0 amide bonds. The van der Waals surface area contributed by atoms with Crippen molar-refractivity contribution in [1.82, 2.24) is 0 Å². The topological polar surface area (TPSA) is 58.0 Å². The van der Waals surface area contributed by atoms with Crippen molar-refractivity contribution in [2.45, 2.75) is 18.9 Å². The molecule has 0 aromatic heterocycles. The lowest BCUT2D eigenvalue weighted by Crippen LogP contribution is -2.25. The van der Waals surface area contributed by atoms with Crippen LogP contribution in [0.5, 0.6) is 0 Å². The van der Waals surface area contributed by atoms with Crippen LogP contribution in [0.3, 0.4) is 0 Å². The minimum atomic E-state index is -1.37. The summed E-state index contributed by atoms with van der Waals surface area (Å²) >= 11 is 0. The van der Waals surface area contributed by atoms with E-state index in [-0.39, 0.29) is 6.54 Å². The average molecular weight is 235 g/mol. The molecular formula is C12H14FN3O. The van der Waals surface area contributed by atoms with Gasteiger partial charge >= 0.3 is 0 Å². The standard InChI is InChI=1S/C12H14FN3O/c1-2-12(11(13)8-15-16-14)17-9-10-6-4-3-5-7-10/h2-7,11-12H,1,8-9H2/t11-,12-/m0/s1. The Hall–Kier alpha value is -1.84. The fourth-order valence-corrected chi connectivity index (χ4v) is 1.31. The maximum atomic E-state index is 13.5. The van der Waals surface area contributed by atoms with Crippen molar-refractivity contribution in [1.29, 1.82) is 0 Å². The molecule has 17 heavy (non-hydrogen) atoms. The van der Waals surface area contributed by atoms with E-state index in [0.29, 0.717) is 6.61 Å². The van der Waals surface area contributed by atoms with Gasteiger partial charge in [0, 0.05) is 4.91 Å². The van der Waals surface area contributed by atoms with Crippen molar-refractivity contribution in [3.63, 3.8) is 0 Å². The third-order valence-electron chi connectivity index (χ3n) is 2.19. The van der Waals surface area contributed by atoms with Crippen molar-refractivity contribution in [3.8, 4) is 0 Å². The van der Waals surface area contributed by atoms with Crippen molar-refractivity contribution in [3.05, 3.63) is 59.0 Å². The van der Waals surface area contributed by atoms with Gasteiger partial charge in [0.15, 0.2) is 0 Å². The van der Waals surface area contributed by atoms with E-state index < -0.39 is 12.3 Å². The Bertz CT molecular complexity index is 390.